The van der Waals surface area contributed by atoms with Crippen LogP contribution in [-0.2, 0) is 6.54 Å². The zero-order valence-corrected chi connectivity index (χ0v) is 9.56. The van der Waals surface area contributed by atoms with Crippen LogP contribution < -0.4 is 10.5 Å². The standard InChI is InChI=1S/C12H14FN3O/c1-9-15-4-5-16(9)6-7-17-10-2-3-12(14)11(13)8-10/h2-5,8H,6-7,14H2,1H3. The van der Waals surface area contributed by atoms with E-state index in [-0.39, 0.29) is 5.69 Å². The molecule has 2 N–H and O–H groups in total. The Morgan fingerprint density at radius 3 is 2.94 bits per heavy atom. The zero-order valence-electron chi connectivity index (χ0n) is 9.56. The number of hydrogen-bond donors (Lipinski definition) is 1. The minimum atomic E-state index is -0.457. The Labute approximate surface area is 98.8 Å². The summed E-state index contributed by atoms with van der Waals surface area (Å²) in [4.78, 5) is 4.10. The van der Waals surface area contributed by atoms with Crippen molar-refractivity contribution in [2.45, 2.75) is 13.5 Å². The summed E-state index contributed by atoms with van der Waals surface area (Å²) in [7, 11) is 0. The van der Waals surface area contributed by atoms with Gasteiger partial charge in [-0.2, -0.15) is 0 Å². The number of rotatable bonds is 4. The first-order valence-corrected chi connectivity index (χ1v) is 5.32. The molecule has 0 saturated carbocycles. The van der Waals surface area contributed by atoms with Gasteiger partial charge in [-0.1, -0.05) is 0 Å². The Kier molecular flexibility index (Phi) is 3.27. The first kappa shape index (κ1) is 11.4. The van der Waals surface area contributed by atoms with Gasteiger partial charge in [0.15, 0.2) is 0 Å². The summed E-state index contributed by atoms with van der Waals surface area (Å²) >= 11 is 0. The number of nitrogens with two attached hydrogens (primary N) is 1. The predicted molar refractivity (Wildman–Crippen MR) is 63.3 cm³/mol. The number of anilines is 1. The van der Waals surface area contributed by atoms with Crippen molar-refractivity contribution >= 4 is 5.69 Å². The van der Waals surface area contributed by atoms with E-state index in [2.05, 4.69) is 4.98 Å². The normalized spacial score (nSPS) is 10.5. The van der Waals surface area contributed by atoms with Gasteiger partial charge in [0.25, 0.3) is 0 Å². The maximum Gasteiger partial charge on any atom is 0.149 e. The van der Waals surface area contributed by atoms with Crippen molar-refractivity contribution in [3.8, 4) is 5.75 Å². The molecule has 0 unspecified atom stereocenters. The van der Waals surface area contributed by atoms with Crippen molar-refractivity contribution in [3.63, 3.8) is 0 Å². The molecule has 2 aromatic rings. The Bertz CT molecular complexity index is 510. The minimum absolute atomic E-state index is 0.128. The molecule has 0 bridgehead atoms. The van der Waals surface area contributed by atoms with E-state index in [4.69, 9.17) is 10.5 Å². The minimum Gasteiger partial charge on any atom is -0.492 e. The van der Waals surface area contributed by atoms with E-state index < -0.39 is 5.82 Å². The monoisotopic (exact) mass is 235 g/mol. The van der Waals surface area contributed by atoms with Crippen LogP contribution >= 0.6 is 0 Å². The molecule has 0 amide bonds. The quantitative estimate of drug-likeness (QED) is 0.824. The van der Waals surface area contributed by atoms with Crippen molar-refractivity contribution in [2.24, 2.45) is 0 Å². The molecule has 0 spiro atoms. The van der Waals surface area contributed by atoms with E-state index in [1.54, 1.807) is 12.3 Å². The van der Waals surface area contributed by atoms with Gasteiger partial charge >= 0.3 is 0 Å². The largest absolute Gasteiger partial charge is 0.492 e. The Morgan fingerprint density at radius 2 is 2.29 bits per heavy atom. The number of nitrogens with zero attached hydrogens (tertiary/aromatic N) is 2. The van der Waals surface area contributed by atoms with E-state index in [0.717, 1.165) is 5.82 Å². The van der Waals surface area contributed by atoms with Crippen molar-refractivity contribution < 1.29 is 9.13 Å². The molecule has 90 valence electrons. The molecule has 1 aromatic carbocycles. The zero-order chi connectivity index (χ0) is 12.3. The Balaban J connectivity index is 1.90. The smallest absolute Gasteiger partial charge is 0.149 e. The highest BCUT2D eigenvalue weighted by Gasteiger charge is 2.01. The topological polar surface area (TPSA) is 53.1 Å². The molecule has 17 heavy (non-hydrogen) atoms. The van der Waals surface area contributed by atoms with Crippen LogP contribution in [0.4, 0.5) is 10.1 Å². The first-order valence-electron chi connectivity index (χ1n) is 5.32. The third kappa shape index (κ3) is 2.75. The van der Waals surface area contributed by atoms with Crippen LogP contribution in [0.2, 0.25) is 0 Å². The molecule has 0 saturated heterocycles. The van der Waals surface area contributed by atoms with Crippen LogP contribution in [0.15, 0.2) is 30.6 Å². The van der Waals surface area contributed by atoms with Gasteiger partial charge in [-0.25, -0.2) is 9.37 Å². The second-order valence-electron chi connectivity index (χ2n) is 3.70. The van der Waals surface area contributed by atoms with Gasteiger partial charge in [0.05, 0.1) is 12.2 Å². The molecule has 2 rings (SSSR count). The molecule has 1 heterocycles. The van der Waals surface area contributed by atoms with Crippen molar-refractivity contribution in [2.75, 3.05) is 12.3 Å². The van der Waals surface area contributed by atoms with E-state index in [1.807, 2.05) is 17.7 Å². The molecule has 0 atom stereocenters. The van der Waals surface area contributed by atoms with E-state index in [9.17, 15) is 4.39 Å². The molecule has 0 aliphatic rings. The number of hydrogen-bond acceptors (Lipinski definition) is 3. The summed E-state index contributed by atoms with van der Waals surface area (Å²) < 4.78 is 20.5. The van der Waals surface area contributed by atoms with Gasteiger partial charge in [-0.15, -0.1) is 0 Å². The van der Waals surface area contributed by atoms with Gasteiger partial charge in [0.1, 0.15) is 24.0 Å². The number of halogens is 1. The number of ether oxygens (including phenoxy) is 1. The number of aryl methyl sites for hydroxylation is 1. The predicted octanol–water partition coefficient (Wildman–Crippen LogP) is 1.99. The fourth-order valence-electron chi connectivity index (χ4n) is 1.50. The van der Waals surface area contributed by atoms with Crippen LogP contribution in [0.25, 0.3) is 0 Å². The summed E-state index contributed by atoms with van der Waals surface area (Å²) in [5.41, 5.74) is 5.50. The number of aromatic nitrogens is 2. The molecule has 5 heteroatoms. The van der Waals surface area contributed by atoms with Crippen molar-refractivity contribution in [1.29, 1.82) is 0 Å². The lowest BCUT2D eigenvalue weighted by Gasteiger charge is -2.08. The average molecular weight is 235 g/mol. The molecule has 0 fully saturated rings. The number of imidazole rings is 1. The Morgan fingerprint density at radius 1 is 1.47 bits per heavy atom. The SMILES string of the molecule is Cc1nccn1CCOc1ccc(N)c(F)c1. The lowest BCUT2D eigenvalue weighted by Crippen LogP contribution is -2.09. The lowest BCUT2D eigenvalue weighted by atomic mass is 10.3. The number of benzene rings is 1. The van der Waals surface area contributed by atoms with Gasteiger partial charge < -0.3 is 15.0 Å². The summed E-state index contributed by atoms with van der Waals surface area (Å²) in [5, 5.41) is 0. The fraction of sp³-hybridized carbons (Fsp3) is 0.250. The van der Waals surface area contributed by atoms with Crippen molar-refractivity contribution in [3.05, 3.63) is 42.2 Å². The van der Waals surface area contributed by atoms with Crippen molar-refractivity contribution in [1.82, 2.24) is 9.55 Å². The second-order valence-corrected chi connectivity index (χ2v) is 3.70. The first-order chi connectivity index (χ1) is 8.16. The maximum atomic E-state index is 13.1. The molecule has 4 nitrogen and oxygen atoms in total. The van der Waals surface area contributed by atoms with Gasteiger partial charge in [-0.3, -0.25) is 0 Å². The van der Waals surface area contributed by atoms with Crippen LogP contribution in [0.3, 0.4) is 0 Å². The summed E-state index contributed by atoms with van der Waals surface area (Å²) in [6.45, 7) is 3.06. The molecular weight excluding hydrogens is 221 g/mol. The fourth-order valence-corrected chi connectivity index (χ4v) is 1.50. The van der Waals surface area contributed by atoms with Crippen LogP contribution in [-0.4, -0.2) is 16.2 Å². The van der Waals surface area contributed by atoms with E-state index in [0.29, 0.717) is 18.9 Å². The average Bonchev–Trinajstić information content (AvgIpc) is 2.70. The van der Waals surface area contributed by atoms with Crippen LogP contribution in [0, 0.1) is 12.7 Å². The van der Waals surface area contributed by atoms with E-state index >= 15 is 0 Å². The second kappa shape index (κ2) is 4.86. The lowest BCUT2D eigenvalue weighted by molar-refractivity contribution is 0.296. The van der Waals surface area contributed by atoms with Gasteiger partial charge in [0.2, 0.25) is 0 Å². The third-order valence-electron chi connectivity index (χ3n) is 2.50. The molecule has 1 aromatic heterocycles. The summed E-state index contributed by atoms with van der Waals surface area (Å²) in [6.07, 6.45) is 3.61. The molecule has 0 aliphatic heterocycles. The third-order valence-corrected chi connectivity index (χ3v) is 2.50. The van der Waals surface area contributed by atoms with Crippen LogP contribution in [0.1, 0.15) is 5.82 Å². The highest BCUT2D eigenvalue weighted by Crippen LogP contribution is 2.17. The number of nitrogen functional groups attached to an aromatic ring is 1. The molecule has 0 radical (unpaired) electrons. The maximum absolute atomic E-state index is 13.1. The summed E-state index contributed by atoms with van der Waals surface area (Å²) in [5.74, 6) is 0.952. The molecule has 0 aliphatic carbocycles. The summed E-state index contributed by atoms with van der Waals surface area (Å²) in [6, 6.07) is 4.43. The highest BCUT2D eigenvalue weighted by molar-refractivity contribution is 5.43. The highest BCUT2D eigenvalue weighted by atomic mass is 19.1. The Hall–Kier alpha value is -2.04. The van der Waals surface area contributed by atoms with Crippen LogP contribution in [0.5, 0.6) is 5.75 Å². The van der Waals surface area contributed by atoms with E-state index in [1.165, 1.54) is 12.1 Å². The molecular formula is C12H14FN3O. The van der Waals surface area contributed by atoms with Gasteiger partial charge in [0, 0.05) is 18.5 Å². The van der Waals surface area contributed by atoms with Gasteiger partial charge in [-0.05, 0) is 19.1 Å².